The number of likely N-dealkylation sites (N-methyl/N-ethyl adjacent to an activating group) is 1. The Morgan fingerprint density at radius 3 is 2.38 bits per heavy atom. The fourth-order valence-corrected chi connectivity index (χ4v) is 2.74. The Bertz CT molecular complexity index is 860. The van der Waals surface area contributed by atoms with Crippen molar-refractivity contribution in [1.82, 2.24) is 4.90 Å². The number of hydrogen-bond donors (Lipinski definition) is 0. The third-order valence-corrected chi connectivity index (χ3v) is 4.22. The number of halogens is 3. The van der Waals surface area contributed by atoms with Gasteiger partial charge in [0.15, 0.2) is 5.88 Å². The molecule has 0 spiro atoms. The van der Waals surface area contributed by atoms with E-state index in [1.54, 1.807) is 24.3 Å². The molecule has 1 aliphatic rings. The first kappa shape index (κ1) is 20.6. The molecule has 0 amide bonds. The predicted octanol–water partition coefficient (Wildman–Crippen LogP) is 5.63. The van der Waals surface area contributed by atoms with E-state index < -0.39 is 11.7 Å². The average Bonchev–Trinajstić information content (AvgIpc) is 2.72. The molecule has 154 valence electrons. The van der Waals surface area contributed by atoms with Crippen LogP contribution in [0.1, 0.15) is 12.5 Å². The van der Waals surface area contributed by atoms with Crippen LogP contribution >= 0.6 is 0 Å². The first-order valence-corrected chi connectivity index (χ1v) is 9.28. The van der Waals surface area contributed by atoms with E-state index in [1.807, 2.05) is 12.2 Å². The molecule has 4 nitrogen and oxygen atoms in total. The van der Waals surface area contributed by atoms with Gasteiger partial charge in [0.05, 0.1) is 5.56 Å². The zero-order valence-corrected chi connectivity index (χ0v) is 16.0. The molecule has 2 aromatic carbocycles. The highest BCUT2D eigenvalue weighted by molar-refractivity contribution is 5.37. The second-order valence-electron chi connectivity index (χ2n) is 6.27. The molecule has 0 saturated carbocycles. The minimum absolute atomic E-state index is 0.122. The average molecular weight is 405 g/mol. The van der Waals surface area contributed by atoms with E-state index in [4.69, 9.17) is 14.2 Å². The maximum absolute atomic E-state index is 12.8. The molecule has 1 heterocycles. The van der Waals surface area contributed by atoms with Crippen LogP contribution in [0.3, 0.4) is 0 Å². The van der Waals surface area contributed by atoms with Crippen LogP contribution in [0, 0.1) is 0 Å². The number of benzene rings is 2. The minimum atomic E-state index is -4.41. The molecule has 0 atom stereocenters. The van der Waals surface area contributed by atoms with Crippen molar-refractivity contribution in [2.45, 2.75) is 13.1 Å². The van der Waals surface area contributed by atoms with Gasteiger partial charge in [-0.1, -0.05) is 18.2 Å². The molecule has 29 heavy (non-hydrogen) atoms. The summed E-state index contributed by atoms with van der Waals surface area (Å²) in [5.41, 5.74) is -0.750. The molecule has 0 fully saturated rings. The molecule has 7 heteroatoms. The summed E-state index contributed by atoms with van der Waals surface area (Å²) in [7, 11) is 0. The van der Waals surface area contributed by atoms with E-state index >= 15 is 0 Å². The smallest absolute Gasteiger partial charge is 0.416 e. The zero-order chi connectivity index (χ0) is 20.7. The number of rotatable bonds is 8. The Morgan fingerprint density at radius 2 is 1.66 bits per heavy atom. The summed E-state index contributed by atoms with van der Waals surface area (Å²) < 4.78 is 55.2. The second-order valence-corrected chi connectivity index (χ2v) is 6.27. The zero-order valence-electron chi connectivity index (χ0n) is 16.0. The van der Waals surface area contributed by atoms with E-state index in [0.29, 0.717) is 24.7 Å². The maximum Gasteiger partial charge on any atom is 0.416 e. The molecular weight excluding hydrogens is 383 g/mol. The van der Waals surface area contributed by atoms with Crippen LogP contribution in [0.2, 0.25) is 0 Å². The fraction of sp³-hybridized carbons (Fsp3) is 0.273. The van der Waals surface area contributed by atoms with Crippen molar-refractivity contribution in [1.29, 1.82) is 0 Å². The molecule has 0 N–H and O–H groups in total. The number of ether oxygens (including phenoxy) is 3. The molecule has 1 aliphatic heterocycles. The van der Waals surface area contributed by atoms with E-state index in [-0.39, 0.29) is 5.75 Å². The van der Waals surface area contributed by atoms with Crippen LogP contribution in [0.5, 0.6) is 17.2 Å². The Labute approximate surface area is 167 Å². The van der Waals surface area contributed by atoms with Crippen molar-refractivity contribution in [3.8, 4) is 17.2 Å². The number of hydrogen-bond acceptors (Lipinski definition) is 4. The summed E-state index contributed by atoms with van der Waals surface area (Å²) in [5.74, 6) is 1.99. The Kier molecular flexibility index (Phi) is 6.69. The van der Waals surface area contributed by atoms with Gasteiger partial charge in [-0.15, -0.1) is 0 Å². The Hall–Kier alpha value is -3.09. The SMILES string of the molecule is CCN1CC=CC=C1OCCOc1ccc(Oc2cccc(C(F)(F)F)c2)cc1. The number of nitrogens with zero attached hydrogens (tertiary/aromatic N) is 1. The molecule has 0 aromatic heterocycles. The quantitative estimate of drug-likeness (QED) is 0.533. The molecule has 3 rings (SSSR count). The first-order chi connectivity index (χ1) is 14.0. The van der Waals surface area contributed by atoms with Gasteiger partial charge in [0.2, 0.25) is 0 Å². The summed E-state index contributed by atoms with van der Waals surface area (Å²) >= 11 is 0. The Morgan fingerprint density at radius 1 is 0.931 bits per heavy atom. The summed E-state index contributed by atoms with van der Waals surface area (Å²) in [6, 6.07) is 11.4. The van der Waals surface area contributed by atoms with Crippen molar-refractivity contribution in [3.05, 3.63) is 78.2 Å². The van der Waals surface area contributed by atoms with Gasteiger partial charge in [-0.25, -0.2) is 0 Å². The third-order valence-electron chi connectivity index (χ3n) is 4.22. The molecule has 0 bridgehead atoms. The van der Waals surface area contributed by atoms with Crippen molar-refractivity contribution in [2.75, 3.05) is 26.3 Å². The van der Waals surface area contributed by atoms with Gasteiger partial charge in [-0.05, 0) is 55.5 Å². The molecule has 0 unspecified atom stereocenters. The van der Waals surface area contributed by atoms with E-state index in [1.165, 1.54) is 12.1 Å². The minimum Gasteiger partial charge on any atom is -0.490 e. The predicted molar refractivity (Wildman–Crippen MR) is 104 cm³/mol. The van der Waals surface area contributed by atoms with E-state index in [0.717, 1.165) is 31.1 Å². The number of allylic oxidation sites excluding steroid dienone is 2. The lowest BCUT2D eigenvalue weighted by Crippen LogP contribution is -2.27. The van der Waals surface area contributed by atoms with Crippen LogP contribution in [-0.2, 0) is 10.9 Å². The van der Waals surface area contributed by atoms with E-state index in [9.17, 15) is 13.2 Å². The summed E-state index contributed by atoms with van der Waals surface area (Å²) in [6.07, 6.45) is 1.55. The van der Waals surface area contributed by atoms with Crippen molar-refractivity contribution in [2.24, 2.45) is 0 Å². The lowest BCUT2D eigenvalue weighted by Gasteiger charge is -2.26. The molecule has 0 aliphatic carbocycles. The highest BCUT2D eigenvalue weighted by Crippen LogP contribution is 2.33. The monoisotopic (exact) mass is 405 g/mol. The molecular formula is C22H22F3NO3. The van der Waals surface area contributed by atoms with Gasteiger partial charge >= 0.3 is 6.18 Å². The summed E-state index contributed by atoms with van der Waals surface area (Å²) in [5, 5.41) is 0. The normalized spacial score (nSPS) is 13.8. The molecule has 2 aromatic rings. The van der Waals surface area contributed by atoms with E-state index in [2.05, 4.69) is 17.9 Å². The molecule has 0 radical (unpaired) electrons. The largest absolute Gasteiger partial charge is 0.490 e. The topological polar surface area (TPSA) is 30.9 Å². The van der Waals surface area contributed by atoms with Gasteiger partial charge in [-0.3, -0.25) is 0 Å². The van der Waals surface area contributed by atoms with Crippen LogP contribution in [0.15, 0.2) is 72.6 Å². The van der Waals surface area contributed by atoms with Crippen molar-refractivity contribution >= 4 is 0 Å². The summed E-state index contributed by atoms with van der Waals surface area (Å²) in [6.45, 7) is 4.53. The van der Waals surface area contributed by atoms with Crippen LogP contribution in [0.4, 0.5) is 13.2 Å². The van der Waals surface area contributed by atoms with Crippen LogP contribution in [-0.4, -0.2) is 31.2 Å². The van der Waals surface area contributed by atoms with Gasteiger partial charge < -0.3 is 19.1 Å². The summed E-state index contributed by atoms with van der Waals surface area (Å²) in [4.78, 5) is 2.11. The third kappa shape index (κ3) is 5.94. The van der Waals surface area contributed by atoms with Gasteiger partial charge in [0.1, 0.15) is 30.5 Å². The fourth-order valence-electron chi connectivity index (χ4n) is 2.74. The Balaban J connectivity index is 1.48. The number of alkyl halides is 3. The van der Waals surface area contributed by atoms with Crippen LogP contribution in [0.25, 0.3) is 0 Å². The van der Waals surface area contributed by atoms with Gasteiger partial charge in [0.25, 0.3) is 0 Å². The lowest BCUT2D eigenvalue weighted by molar-refractivity contribution is -0.137. The molecule has 0 saturated heterocycles. The maximum atomic E-state index is 12.8. The van der Waals surface area contributed by atoms with Gasteiger partial charge in [0, 0.05) is 13.1 Å². The van der Waals surface area contributed by atoms with Crippen LogP contribution < -0.4 is 9.47 Å². The van der Waals surface area contributed by atoms with Crippen molar-refractivity contribution < 1.29 is 27.4 Å². The van der Waals surface area contributed by atoms with Crippen molar-refractivity contribution in [3.63, 3.8) is 0 Å². The lowest BCUT2D eigenvalue weighted by atomic mass is 10.2. The highest BCUT2D eigenvalue weighted by atomic mass is 19.4. The standard InChI is InChI=1S/C22H22F3NO3/c1-2-26-13-4-3-8-21(26)28-15-14-27-18-9-11-19(12-10-18)29-20-7-5-6-17(16-20)22(23,24)25/h3-12,16H,2,13-15H2,1H3. The second kappa shape index (κ2) is 9.41. The van der Waals surface area contributed by atoms with Gasteiger partial charge in [-0.2, -0.15) is 13.2 Å². The highest BCUT2D eigenvalue weighted by Gasteiger charge is 2.30. The first-order valence-electron chi connectivity index (χ1n) is 9.28.